The summed E-state index contributed by atoms with van der Waals surface area (Å²) in [4.78, 5) is 2.30. The molecule has 0 aliphatic carbocycles. The molecule has 0 amide bonds. The first-order chi connectivity index (χ1) is 8.29. The predicted molar refractivity (Wildman–Crippen MR) is 72.1 cm³/mol. The summed E-state index contributed by atoms with van der Waals surface area (Å²) in [6.45, 7) is 7.49. The molecule has 0 spiro atoms. The Morgan fingerprint density at radius 3 is 2.65 bits per heavy atom. The van der Waals surface area contributed by atoms with Gasteiger partial charge >= 0.3 is 0 Å². The lowest BCUT2D eigenvalue weighted by Crippen LogP contribution is -2.07. The van der Waals surface area contributed by atoms with Crippen LogP contribution in [0.3, 0.4) is 0 Å². The minimum atomic E-state index is 0.688. The average Bonchev–Trinajstić information content (AvgIpc) is 2.71. The van der Waals surface area contributed by atoms with Gasteiger partial charge in [-0.3, -0.25) is 4.90 Å². The van der Waals surface area contributed by atoms with Gasteiger partial charge in [0.15, 0.2) is 0 Å². The van der Waals surface area contributed by atoms with E-state index in [1.165, 1.54) is 11.1 Å². The Morgan fingerprint density at radius 1 is 1.24 bits per heavy atom. The Labute approximate surface area is 105 Å². The zero-order valence-corrected chi connectivity index (χ0v) is 11.2. The SMILES string of the molecule is CC.CN1Cc2ccc(OCCCN)cc2C1. The van der Waals surface area contributed by atoms with Crippen LogP contribution in [-0.2, 0) is 13.1 Å². The third kappa shape index (κ3) is 4.02. The molecule has 3 nitrogen and oxygen atoms in total. The molecule has 0 radical (unpaired) electrons. The lowest BCUT2D eigenvalue weighted by atomic mass is 10.1. The normalized spacial score (nSPS) is 13.9. The van der Waals surface area contributed by atoms with Crippen LogP contribution in [0.2, 0.25) is 0 Å². The van der Waals surface area contributed by atoms with Gasteiger partial charge in [-0.05, 0) is 43.3 Å². The number of benzene rings is 1. The molecule has 1 aromatic carbocycles. The summed E-state index contributed by atoms with van der Waals surface area (Å²) in [7, 11) is 2.13. The molecule has 1 aliphatic rings. The lowest BCUT2D eigenvalue weighted by molar-refractivity contribution is 0.313. The summed E-state index contributed by atoms with van der Waals surface area (Å²) in [6, 6.07) is 6.36. The molecular formula is C14H24N2O. The van der Waals surface area contributed by atoms with Crippen LogP contribution in [0.1, 0.15) is 31.4 Å². The van der Waals surface area contributed by atoms with Gasteiger partial charge in [0.05, 0.1) is 6.61 Å². The molecule has 0 aromatic heterocycles. The second-order valence-corrected chi connectivity index (χ2v) is 4.09. The Morgan fingerprint density at radius 2 is 1.94 bits per heavy atom. The van der Waals surface area contributed by atoms with Crippen LogP contribution in [0.4, 0.5) is 0 Å². The van der Waals surface area contributed by atoms with Crippen molar-refractivity contribution in [1.82, 2.24) is 4.90 Å². The van der Waals surface area contributed by atoms with Gasteiger partial charge in [0.25, 0.3) is 0 Å². The van der Waals surface area contributed by atoms with E-state index in [0.29, 0.717) is 13.2 Å². The molecule has 1 aliphatic heterocycles. The van der Waals surface area contributed by atoms with Gasteiger partial charge in [-0.1, -0.05) is 19.9 Å². The molecule has 3 heteroatoms. The number of rotatable bonds is 4. The third-order valence-corrected chi connectivity index (χ3v) is 2.68. The monoisotopic (exact) mass is 236 g/mol. The first kappa shape index (κ1) is 14.0. The molecule has 0 fully saturated rings. The topological polar surface area (TPSA) is 38.5 Å². The maximum Gasteiger partial charge on any atom is 0.119 e. The van der Waals surface area contributed by atoms with E-state index in [0.717, 1.165) is 25.3 Å². The number of nitrogens with two attached hydrogens (primary N) is 1. The summed E-state index contributed by atoms with van der Waals surface area (Å²) in [6.07, 6.45) is 0.914. The fourth-order valence-electron chi connectivity index (χ4n) is 1.90. The van der Waals surface area contributed by atoms with Crippen molar-refractivity contribution >= 4 is 0 Å². The maximum atomic E-state index is 5.61. The van der Waals surface area contributed by atoms with Gasteiger partial charge < -0.3 is 10.5 Å². The number of hydrogen-bond acceptors (Lipinski definition) is 3. The average molecular weight is 236 g/mol. The van der Waals surface area contributed by atoms with E-state index in [9.17, 15) is 0 Å². The van der Waals surface area contributed by atoms with Gasteiger partial charge in [-0.2, -0.15) is 0 Å². The Balaban J connectivity index is 0.000000686. The molecule has 2 rings (SSSR count). The van der Waals surface area contributed by atoms with Crippen molar-refractivity contribution in [3.63, 3.8) is 0 Å². The lowest BCUT2D eigenvalue weighted by Gasteiger charge is -2.06. The molecule has 1 heterocycles. The zero-order valence-electron chi connectivity index (χ0n) is 11.2. The summed E-state index contributed by atoms with van der Waals surface area (Å²) < 4.78 is 5.61. The summed E-state index contributed by atoms with van der Waals surface area (Å²) in [5, 5.41) is 0. The maximum absolute atomic E-state index is 5.61. The van der Waals surface area contributed by atoms with Gasteiger partial charge in [-0.15, -0.1) is 0 Å². The minimum absolute atomic E-state index is 0.688. The summed E-state index contributed by atoms with van der Waals surface area (Å²) in [5.41, 5.74) is 8.23. The molecule has 96 valence electrons. The van der Waals surface area contributed by atoms with Crippen molar-refractivity contribution in [2.75, 3.05) is 20.2 Å². The van der Waals surface area contributed by atoms with E-state index in [-0.39, 0.29) is 0 Å². The Bertz CT molecular complexity index is 339. The van der Waals surface area contributed by atoms with Crippen molar-refractivity contribution in [2.24, 2.45) is 5.73 Å². The van der Waals surface area contributed by atoms with Crippen LogP contribution in [0.25, 0.3) is 0 Å². The molecule has 17 heavy (non-hydrogen) atoms. The van der Waals surface area contributed by atoms with E-state index >= 15 is 0 Å². The number of nitrogens with zero attached hydrogens (tertiary/aromatic N) is 1. The van der Waals surface area contributed by atoms with E-state index in [1.807, 2.05) is 13.8 Å². The molecule has 0 bridgehead atoms. The number of ether oxygens (including phenoxy) is 1. The molecule has 0 saturated heterocycles. The highest BCUT2D eigenvalue weighted by atomic mass is 16.5. The van der Waals surface area contributed by atoms with Crippen molar-refractivity contribution in [3.8, 4) is 5.75 Å². The highest BCUT2D eigenvalue weighted by Gasteiger charge is 2.15. The third-order valence-electron chi connectivity index (χ3n) is 2.68. The molecule has 0 saturated carbocycles. The summed E-state index contributed by atoms with van der Waals surface area (Å²) >= 11 is 0. The van der Waals surface area contributed by atoms with E-state index in [4.69, 9.17) is 10.5 Å². The number of fused-ring (bicyclic) bond motifs is 1. The molecule has 1 aromatic rings. The van der Waals surface area contributed by atoms with Crippen molar-refractivity contribution in [2.45, 2.75) is 33.4 Å². The van der Waals surface area contributed by atoms with E-state index < -0.39 is 0 Å². The van der Waals surface area contributed by atoms with Crippen molar-refractivity contribution in [1.29, 1.82) is 0 Å². The van der Waals surface area contributed by atoms with Crippen LogP contribution in [-0.4, -0.2) is 25.1 Å². The highest BCUT2D eigenvalue weighted by molar-refractivity contribution is 5.37. The van der Waals surface area contributed by atoms with Crippen molar-refractivity contribution < 1.29 is 4.74 Å². The van der Waals surface area contributed by atoms with E-state index in [2.05, 4.69) is 30.1 Å². The van der Waals surface area contributed by atoms with Crippen LogP contribution in [0, 0.1) is 0 Å². The fourth-order valence-corrected chi connectivity index (χ4v) is 1.90. The first-order valence-electron chi connectivity index (χ1n) is 6.43. The van der Waals surface area contributed by atoms with E-state index in [1.54, 1.807) is 0 Å². The second kappa shape index (κ2) is 7.30. The number of hydrogen-bond donors (Lipinski definition) is 1. The Kier molecular flexibility index (Phi) is 6.01. The largest absolute Gasteiger partial charge is 0.494 e. The van der Waals surface area contributed by atoms with Crippen LogP contribution in [0.15, 0.2) is 18.2 Å². The van der Waals surface area contributed by atoms with Gasteiger partial charge in [0.2, 0.25) is 0 Å². The molecular weight excluding hydrogens is 212 g/mol. The van der Waals surface area contributed by atoms with Crippen LogP contribution < -0.4 is 10.5 Å². The standard InChI is InChI=1S/C12H18N2O.C2H6/c1-14-8-10-3-4-12(7-11(10)9-14)15-6-2-5-13;1-2/h3-4,7H,2,5-6,8-9,13H2,1H3;1-2H3. The molecule has 0 unspecified atom stereocenters. The first-order valence-corrected chi connectivity index (χ1v) is 6.43. The fraction of sp³-hybridized carbons (Fsp3) is 0.571. The second-order valence-electron chi connectivity index (χ2n) is 4.09. The van der Waals surface area contributed by atoms with Crippen molar-refractivity contribution in [3.05, 3.63) is 29.3 Å². The van der Waals surface area contributed by atoms with Crippen LogP contribution in [0.5, 0.6) is 5.75 Å². The van der Waals surface area contributed by atoms with Gasteiger partial charge in [0.1, 0.15) is 5.75 Å². The van der Waals surface area contributed by atoms with Gasteiger partial charge in [-0.25, -0.2) is 0 Å². The minimum Gasteiger partial charge on any atom is -0.494 e. The molecule has 0 atom stereocenters. The smallest absolute Gasteiger partial charge is 0.119 e. The molecule has 2 N–H and O–H groups in total. The van der Waals surface area contributed by atoms with Crippen LogP contribution >= 0.6 is 0 Å². The zero-order chi connectivity index (χ0) is 12.7. The quantitative estimate of drug-likeness (QED) is 0.816. The Hall–Kier alpha value is -1.06. The summed E-state index contributed by atoms with van der Waals surface area (Å²) in [5.74, 6) is 0.970. The van der Waals surface area contributed by atoms with Gasteiger partial charge in [0, 0.05) is 13.1 Å². The predicted octanol–water partition coefficient (Wildman–Crippen LogP) is 2.39. The highest BCUT2D eigenvalue weighted by Crippen LogP contribution is 2.25.